The highest BCUT2D eigenvalue weighted by Crippen LogP contribution is 2.37. The van der Waals surface area contributed by atoms with Gasteiger partial charge in [0.05, 0.1) is 18.6 Å². The Bertz CT molecular complexity index is 1320. The fourth-order valence-corrected chi connectivity index (χ4v) is 6.12. The molecule has 0 spiro atoms. The van der Waals surface area contributed by atoms with Gasteiger partial charge < -0.3 is 9.64 Å². The number of nitriles is 1. The molecule has 0 aliphatic carbocycles. The fraction of sp³-hybridized carbons (Fsp3) is 0.429. The van der Waals surface area contributed by atoms with Crippen molar-refractivity contribution in [2.24, 2.45) is 0 Å². The summed E-state index contributed by atoms with van der Waals surface area (Å²) in [6.45, 7) is 6.39. The zero-order chi connectivity index (χ0) is 26.5. The minimum atomic E-state index is -0.259. The van der Waals surface area contributed by atoms with Crippen molar-refractivity contribution in [3.05, 3.63) is 61.8 Å². The predicted molar refractivity (Wildman–Crippen MR) is 153 cm³/mol. The normalized spacial score (nSPS) is 17.3. The van der Waals surface area contributed by atoms with Crippen LogP contribution >= 0.6 is 24.0 Å². The van der Waals surface area contributed by atoms with Crippen LogP contribution in [-0.4, -0.2) is 39.9 Å². The molecule has 0 radical (unpaired) electrons. The molecule has 9 heteroatoms. The van der Waals surface area contributed by atoms with Crippen LogP contribution in [0.2, 0.25) is 0 Å². The number of hydrogen-bond acceptors (Lipinski definition) is 7. The van der Waals surface area contributed by atoms with Crippen LogP contribution in [0.15, 0.2) is 34.0 Å². The van der Waals surface area contributed by atoms with E-state index >= 15 is 0 Å². The molecule has 4 rings (SSSR count). The number of thiocarbonyl (C=S) groups is 1. The summed E-state index contributed by atoms with van der Waals surface area (Å²) in [5.74, 6) is 1.39. The van der Waals surface area contributed by atoms with Gasteiger partial charge in [-0.25, -0.2) is 0 Å². The van der Waals surface area contributed by atoms with Crippen LogP contribution in [0, 0.1) is 18.3 Å². The first-order chi connectivity index (χ1) is 17.9. The molecule has 2 aromatic rings. The van der Waals surface area contributed by atoms with Crippen molar-refractivity contribution in [2.75, 3.05) is 25.1 Å². The maximum atomic E-state index is 13.5. The Kier molecular flexibility index (Phi) is 8.72. The molecule has 194 valence electrons. The van der Waals surface area contributed by atoms with Crippen molar-refractivity contribution >= 4 is 46.1 Å². The first-order valence-corrected chi connectivity index (χ1v) is 13.9. The quantitative estimate of drug-likeness (QED) is 0.354. The van der Waals surface area contributed by atoms with Crippen LogP contribution in [0.4, 0.5) is 5.82 Å². The van der Waals surface area contributed by atoms with E-state index in [9.17, 15) is 14.9 Å². The average Bonchev–Trinajstić information content (AvgIpc) is 3.07. The van der Waals surface area contributed by atoms with Gasteiger partial charge in [0, 0.05) is 25.2 Å². The van der Waals surface area contributed by atoms with Gasteiger partial charge in [0.1, 0.15) is 27.5 Å². The SMILES string of the molecule is CCCn1c(N2CCCCCC2)c(/C=C2\SC(=S)N(Cc3ccc(OC)cc3)C2=O)c(C)c(C#N)c1=O. The van der Waals surface area contributed by atoms with Gasteiger partial charge in [-0.3, -0.25) is 19.1 Å². The van der Waals surface area contributed by atoms with Crippen molar-refractivity contribution in [1.29, 1.82) is 5.26 Å². The Morgan fingerprint density at radius 2 is 1.81 bits per heavy atom. The molecule has 0 atom stereocenters. The number of hydrogen-bond donors (Lipinski definition) is 0. The Morgan fingerprint density at radius 3 is 2.41 bits per heavy atom. The van der Waals surface area contributed by atoms with Crippen LogP contribution in [0.3, 0.4) is 0 Å². The minimum absolute atomic E-state index is 0.131. The number of ether oxygens (including phenoxy) is 1. The molecule has 0 N–H and O–H groups in total. The fourth-order valence-electron chi connectivity index (χ4n) is 4.88. The lowest BCUT2D eigenvalue weighted by Crippen LogP contribution is -2.35. The smallest absolute Gasteiger partial charge is 0.270 e. The predicted octanol–water partition coefficient (Wildman–Crippen LogP) is 5.23. The topological polar surface area (TPSA) is 78.6 Å². The van der Waals surface area contributed by atoms with E-state index < -0.39 is 0 Å². The van der Waals surface area contributed by atoms with E-state index in [4.69, 9.17) is 17.0 Å². The summed E-state index contributed by atoms with van der Waals surface area (Å²) in [7, 11) is 1.62. The largest absolute Gasteiger partial charge is 0.497 e. The Morgan fingerprint density at radius 1 is 1.14 bits per heavy atom. The van der Waals surface area contributed by atoms with E-state index in [1.807, 2.05) is 44.2 Å². The van der Waals surface area contributed by atoms with E-state index in [0.29, 0.717) is 27.9 Å². The molecule has 2 fully saturated rings. The van der Waals surface area contributed by atoms with Crippen molar-refractivity contribution < 1.29 is 9.53 Å². The van der Waals surface area contributed by atoms with Gasteiger partial charge in [-0.15, -0.1) is 0 Å². The number of benzene rings is 1. The van der Waals surface area contributed by atoms with E-state index in [-0.39, 0.29) is 17.0 Å². The van der Waals surface area contributed by atoms with Crippen LogP contribution < -0.4 is 15.2 Å². The number of pyridine rings is 1. The number of nitrogens with zero attached hydrogens (tertiary/aromatic N) is 4. The standard InChI is InChI=1S/C28H32N4O3S2/c1-4-13-31-25(30-14-7-5-6-8-15-30)22(19(2)23(17-29)26(31)33)16-24-27(34)32(28(36)37-24)18-20-9-11-21(35-3)12-10-20/h9-12,16H,4-8,13-15,18H2,1-3H3/b24-16-. The van der Waals surface area contributed by atoms with Crippen molar-refractivity contribution in [1.82, 2.24) is 9.47 Å². The molecule has 0 saturated carbocycles. The number of aromatic nitrogens is 1. The molecule has 1 aromatic carbocycles. The lowest BCUT2D eigenvalue weighted by molar-refractivity contribution is -0.122. The Labute approximate surface area is 227 Å². The van der Waals surface area contributed by atoms with Crippen molar-refractivity contribution in [2.45, 2.75) is 59.0 Å². The summed E-state index contributed by atoms with van der Waals surface area (Å²) < 4.78 is 7.45. The number of thioether (sulfide) groups is 1. The van der Waals surface area contributed by atoms with Crippen LogP contribution in [-0.2, 0) is 17.9 Å². The summed E-state index contributed by atoms with van der Waals surface area (Å²) in [5, 5.41) is 9.85. The second kappa shape index (κ2) is 12.0. The minimum Gasteiger partial charge on any atom is -0.497 e. The summed E-state index contributed by atoms with van der Waals surface area (Å²) in [6, 6.07) is 9.68. The summed E-state index contributed by atoms with van der Waals surface area (Å²) in [5.41, 5.74) is 2.19. The average molecular weight is 537 g/mol. The summed E-state index contributed by atoms with van der Waals surface area (Å²) >= 11 is 6.85. The number of anilines is 1. The van der Waals surface area contributed by atoms with Gasteiger partial charge in [-0.05, 0) is 55.5 Å². The maximum absolute atomic E-state index is 13.5. The number of amides is 1. The second-order valence-electron chi connectivity index (χ2n) is 9.32. The van der Waals surface area contributed by atoms with E-state index in [0.717, 1.165) is 67.9 Å². The molecule has 3 heterocycles. The zero-order valence-corrected chi connectivity index (χ0v) is 23.2. The van der Waals surface area contributed by atoms with Crippen LogP contribution in [0.5, 0.6) is 5.75 Å². The van der Waals surface area contributed by atoms with E-state index in [1.54, 1.807) is 16.6 Å². The van der Waals surface area contributed by atoms with E-state index in [1.165, 1.54) is 11.8 Å². The highest BCUT2D eigenvalue weighted by molar-refractivity contribution is 8.26. The summed E-state index contributed by atoms with van der Waals surface area (Å²) in [4.78, 5) is 31.2. The third-order valence-electron chi connectivity index (χ3n) is 6.85. The van der Waals surface area contributed by atoms with Crippen molar-refractivity contribution in [3.8, 4) is 11.8 Å². The molecule has 37 heavy (non-hydrogen) atoms. The molecule has 2 saturated heterocycles. The number of carbonyl (C=O) groups is 1. The van der Waals surface area contributed by atoms with Crippen LogP contribution in [0.25, 0.3) is 6.08 Å². The van der Waals surface area contributed by atoms with Gasteiger partial charge in [0.15, 0.2) is 0 Å². The molecular weight excluding hydrogens is 504 g/mol. The molecule has 0 bridgehead atoms. The third-order valence-corrected chi connectivity index (χ3v) is 8.23. The van der Waals surface area contributed by atoms with Gasteiger partial charge in [0.2, 0.25) is 0 Å². The first kappa shape index (κ1) is 27.0. The molecular formula is C28H32N4O3S2. The van der Waals surface area contributed by atoms with Gasteiger partial charge in [-0.2, -0.15) is 5.26 Å². The Balaban J connectivity index is 1.78. The van der Waals surface area contributed by atoms with Gasteiger partial charge in [0.25, 0.3) is 11.5 Å². The number of rotatable bonds is 7. The Hall–Kier alpha value is -3.09. The monoisotopic (exact) mass is 536 g/mol. The van der Waals surface area contributed by atoms with Crippen molar-refractivity contribution in [3.63, 3.8) is 0 Å². The lowest BCUT2D eigenvalue weighted by Gasteiger charge is -2.29. The highest BCUT2D eigenvalue weighted by atomic mass is 32.2. The zero-order valence-electron chi connectivity index (χ0n) is 21.6. The summed E-state index contributed by atoms with van der Waals surface area (Å²) in [6.07, 6.45) is 7.01. The molecule has 1 amide bonds. The lowest BCUT2D eigenvalue weighted by atomic mass is 10.0. The van der Waals surface area contributed by atoms with Gasteiger partial charge in [-0.1, -0.05) is 55.9 Å². The number of methoxy groups -OCH3 is 1. The molecule has 0 unspecified atom stereocenters. The molecule has 2 aliphatic heterocycles. The van der Waals surface area contributed by atoms with E-state index in [2.05, 4.69) is 11.0 Å². The molecule has 1 aromatic heterocycles. The maximum Gasteiger partial charge on any atom is 0.270 e. The van der Waals surface area contributed by atoms with Crippen LogP contribution in [0.1, 0.15) is 61.3 Å². The number of carbonyl (C=O) groups excluding carboxylic acids is 1. The second-order valence-corrected chi connectivity index (χ2v) is 11.0. The first-order valence-electron chi connectivity index (χ1n) is 12.7. The third kappa shape index (κ3) is 5.60. The van der Waals surface area contributed by atoms with Gasteiger partial charge >= 0.3 is 0 Å². The molecule has 2 aliphatic rings. The highest BCUT2D eigenvalue weighted by Gasteiger charge is 2.33. The molecule has 7 nitrogen and oxygen atoms in total.